The Morgan fingerprint density at radius 1 is 1.29 bits per heavy atom. The summed E-state index contributed by atoms with van der Waals surface area (Å²) in [7, 11) is -2.97. The van der Waals surface area contributed by atoms with Crippen LogP contribution in [0.15, 0.2) is 4.99 Å². The van der Waals surface area contributed by atoms with E-state index in [0.717, 1.165) is 12.8 Å². The monoisotopic (exact) mass is 360 g/mol. The molecule has 0 aromatic heterocycles. The smallest absolute Gasteiger partial charge is 0.222 e. The van der Waals surface area contributed by atoms with Crippen molar-refractivity contribution in [1.29, 1.82) is 0 Å². The molecular formula is C16H32N4O3S. The van der Waals surface area contributed by atoms with Crippen molar-refractivity contribution >= 4 is 21.7 Å². The van der Waals surface area contributed by atoms with Crippen LogP contribution in [0.1, 0.15) is 52.9 Å². The summed E-state index contributed by atoms with van der Waals surface area (Å²) in [6.45, 7) is 6.78. The number of carbonyl (C=O) groups is 1. The number of hydrogen-bond acceptors (Lipinski definition) is 4. The van der Waals surface area contributed by atoms with Gasteiger partial charge in [0.2, 0.25) is 5.91 Å². The molecule has 1 heterocycles. The maximum absolute atomic E-state index is 11.8. The molecule has 1 fully saturated rings. The predicted molar refractivity (Wildman–Crippen MR) is 97.6 cm³/mol. The number of nitrogens with two attached hydrogens (primary N) is 1. The van der Waals surface area contributed by atoms with E-state index in [0.29, 0.717) is 24.8 Å². The van der Waals surface area contributed by atoms with Crippen LogP contribution in [0.4, 0.5) is 0 Å². The molecule has 8 heteroatoms. The third-order valence-electron chi connectivity index (χ3n) is 4.03. The second kappa shape index (κ2) is 9.86. The summed E-state index contributed by atoms with van der Waals surface area (Å²) in [4.78, 5) is 15.9. The van der Waals surface area contributed by atoms with E-state index >= 15 is 0 Å². The summed E-state index contributed by atoms with van der Waals surface area (Å²) in [5.41, 5.74) is 5.82. The highest BCUT2D eigenvalue weighted by atomic mass is 32.2. The molecule has 7 nitrogen and oxygen atoms in total. The second-order valence-electron chi connectivity index (χ2n) is 7.05. The second-order valence-corrected chi connectivity index (χ2v) is 9.28. The Balaban J connectivity index is 2.19. The van der Waals surface area contributed by atoms with Crippen LogP contribution in [0.2, 0.25) is 0 Å². The van der Waals surface area contributed by atoms with E-state index in [1.807, 2.05) is 0 Å². The fraction of sp³-hybridized carbons (Fsp3) is 0.875. The first-order valence-electron chi connectivity index (χ1n) is 8.74. The molecule has 0 spiro atoms. The minimum atomic E-state index is -2.97. The van der Waals surface area contributed by atoms with Gasteiger partial charge in [-0.25, -0.2) is 8.42 Å². The van der Waals surface area contributed by atoms with Crippen LogP contribution in [0, 0.1) is 5.92 Å². The molecule has 0 aromatic carbocycles. The number of guanidine groups is 1. The van der Waals surface area contributed by atoms with E-state index in [-0.39, 0.29) is 35.9 Å². The number of aliphatic imine (C=N–C) groups is 1. The number of sulfone groups is 1. The molecule has 0 saturated carbocycles. The Labute approximate surface area is 145 Å². The van der Waals surface area contributed by atoms with E-state index in [1.165, 1.54) is 6.42 Å². The highest BCUT2D eigenvalue weighted by Gasteiger charge is 2.28. The summed E-state index contributed by atoms with van der Waals surface area (Å²) in [5.74, 6) is 1.07. The molecule has 2 unspecified atom stereocenters. The van der Waals surface area contributed by atoms with Crippen molar-refractivity contribution in [3.63, 3.8) is 0 Å². The van der Waals surface area contributed by atoms with Gasteiger partial charge in [0, 0.05) is 18.5 Å². The summed E-state index contributed by atoms with van der Waals surface area (Å²) >= 11 is 0. The van der Waals surface area contributed by atoms with Gasteiger partial charge in [-0.05, 0) is 25.7 Å². The average Bonchev–Trinajstić information content (AvgIpc) is 2.77. The lowest BCUT2D eigenvalue weighted by Crippen LogP contribution is -2.39. The first-order valence-corrected chi connectivity index (χ1v) is 10.6. The van der Waals surface area contributed by atoms with Crippen molar-refractivity contribution in [2.24, 2.45) is 16.6 Å². The van der Waals surface area contributed by atoms with Gasteiger partial charge in [-0.3, -0.25) is 9.79 Å². The molecule has 140 valence electrons. The van der Waals surface area contributed by atoms with E-state index in [1.54, 1.807) is 0 Å². The van der Waals surface area contributed by atoms with Gasteiger partial charge in [0.1, 0.15) is 0 Å². The Morgan fingerprint density at radius 3 is 2.58 bits per heavy atom. The summed E-state index contributed by atoms with van der Waals surface area (Å²) in [5, 5.41) is 5.87. The molecule has 0 aromatic rings. The zero-order valence-electron chi connectivity index (χ0n) is 15.0. The average molecular weight is 361 g/mol. The molecule has 0 aliphatic carbocycles. The van der Waals surface area contributed by atoms with Crippen LogP contribution in [0.25, 0.3) is 0 Å². The van der Waals surface area contributed by atoms with Gasteiger partial charge in [0.15, 0.2) is 15.8 Å². The quantitative estimate of drug-likeness (QED) is 0.416. The van der Waals surface area contributed by atoms with Gasteiger partial charge in [-0.15, -0.1) is 0 Å². The minimum Gasteiger partial charge on any atom is -0.370 e. The maximum atomic E-state index is 11.8. The minimum absolute atomic E-state index is 0.0413. The lowest BCUT2D eigenvalue weighted by molar-refractivity contribution is -0.121. The standard InChI is InChI=1S/C16H32N4O3S/c1-12(2)5-4-6-13(3)19-16(17)18-9-7-15(21)20-14-8-10-24(22,23)11-14/h12-14H,4-11H2,1-3H3,(H,20,21)(H3,17,18,19). The molecule has 4 N–H and O–H groups in total. The van der Waals surface area contributed by atoms with E-state index in [9.17, 15) is 13.2 Å². The van der Waals surface area contributed by atoms with E-state index in [2.05, 4.69) is 36.4 Å². The topological polar surface area (TPSA) is 114 Å². The highest BCUT2D eigenvalue weighted by molar-refractivity contribution is 7.91. The van der Waals surface area contributed by atoms with Crippen molar-refractivity contribution in [2.75, 3.05) is 18.1 Å². The number of nitrogens with one attached hydrogen (secondary N) is 2. The first kappa shape index (κ1) is 20.7. The lowest BCUT2D eigenvalue weighted by Gasteiger charge is -2.15. The molecule has 1 amide bonds. The van der Waals surface area contributed by atoms with Gasteiger partial charge in [-0.1, -0.05) is 26.7 Å². The Kier molecular flexibility index (Phi) is 8.52. The van der Waals surface area contributed by atoms with Crippen molar-refractivity contribution in [3.8, 4) is 0 Å². The van der Waals surface area contributed by atoms with Crippen LogP contribution in [0.3, 0.4) is 0 Å². The highest BCUT2D eigenvalue weighted by Crippen LogP contribution is 2.11. The van der Waals surface area contributed by atoms with Gasteiger partial charge in [-0.2, -0.15) is 0 Å². The van der Waals surface area contributed by atoms with E-state index in [4.69, 9.17) is 5.73 Å². The van der Waals surface area contributed by atoms with Crippen LogP contribution in [-0.4, -0.2) is 50.4 Å². The number of carbonyl (C=O) groups excluding carboxylic acids is 1. The largest absolute Gasteiger partial charge is 0.370 e. The number of rotatable bonds is 9. The molecule has 1 saturated heterocycles. The Morgan fingerprint density at radius 2 is 2.00 bits per heavy atom. The molecule has 1 aliphatic heterocycles. The van der Waals surface area contributed by atoms with Crippen molar-refractivity contribution in [1.82, 2.24) is 10.6 Å². The molecule has 24 heavy (non-hydrogen) atoms. The molecular weight excluding hydrogens is 328 g/mol. The van der Waals surface area contributed by atoms with Crippen molar-refractivity contribution in [3.05, 3.63) is 0 Å². The number of hydrogen-bond donors (Lipinski definition) is 3. The zero-order valence-corrected chi connectivity index (χ0v) is 15.9. The van der Waals surface area contributed by atoms with Crippen LogP contribution in [-0.2, 0) is 14.6 Å². The van der Waals surface area contributed by atoms with Crippen LogP contribution in [0.5, 0.6) is 0 Å². The first-order chi connectivity index (χ1) is 11.2. The molecule has 0 radical (unpaired) electrons. The predicted octanol–water partition coefficient (Wildman–Crippen LogP) is 0.799. The van der Waals surface area contributed by atoms with E-state index < -0.39 is 9.84 Å². The fourth-order valence-corrected chi connectivity index (χ4v) is 4.36. The van der Waals surface area contributed by atoms with Gasteiger partial charge >= 0.3 is 0 Å². The summed E-state index contributed by atoms with van der Waals surface area (Å²) in [6, 6.07) is -0.00653. The maximum Gasteiger partial charge on any atom is 0.222 e. The zero-order chi connectivity index (χ0) is 18.2. The number of amides is 1. The Bertz CT molecular complexity index is 531. The molecule has 1 aliphatic rings. The summed E-state index contributed by atoms with van der Waals surface area (Å²) < 4.78 is 22.7. The SMILES string of the molecule is CC(C)CCCC(C)NC(N)=NCCC(=O)NC1CCS(=O)(=O)C1. The summed E-state index contributed by atoms with van der Waals surface area (Å²) in [6.07, 6.45) is 4.08. The fourth-order valence-electron chi connectivity index (χ4n) is 2.69. The third kappa shape index (κ3) is 9.10. The number of nitrogens with zero attached hydrogens (tertiary/aromatic N) is 1. The van der Waals surface area contributed by atoms with Crippen molar-refractivity contribution in [2.45, 2.75) is 65.0 Å². The van der Waals surface area contributed by atoms with Gasteiger partial charge < -0.3 is 16.4 Å². The van der Waals surface area contributed by atoms with Crippen LogP contribution >= 0.6 is 0 Å². The molecule has 2 atom stereocenters. The van der Waals surface area contributed by atoms with Gasteiger partial charge in [0.05, 0.1) is 18.1 Å². The lowest BCUT2D eigenvalue weighted by atomic mass is 10.0. The van der Waals surface area contributed by atoms with Crippen molar-refractivity contribution < 1.29 is 13.2 Å². The third-order valence-corrected chi connectivity index (χ3v) is 5.80. The Hall–Kier alpha value is -1.31. The van der Waals surface area contributed by atoms with Gasteiger partial charge in [0.25, 0.3) is 0 Å². The van der Waals surface area contributed by atoms with Crippen LogP contribution < -0.4 is 16.4 Å². The normalized spacial score (nSPS) is 21.7. The molecule has 0 bridgehead atoms. The molecule has 1 rings (SSSR count).